The number of halogens is 2. The summed E-state index contributed by atoms with van der Waals surface area (Å²) in [6.45, 7) is 0. The fourth-order valence-corrected chi connectivity index (χ4v) is 3.40. The quantitative estimate of drug-likeness (QED) is 0.837. The van der Waals surface area contributed by atoms with E-state index in [-0.39, 0.29) is 5.92 Å². The second-order valence-corrected chi connectivity index (χ2v) is 6.20. The topological polar surface area (TPSA) is 20.2 Å². The largest absolute Gasteiger partial charge is 0.505 e. The van der Waals surface area contributed by atoms with Crippen LogP contribution in [0, 0.1) is 23.5 Å². The van der Waals surface area contributed by atoms with E-state index in [0.717, 1.165) is 37.5 Å². The fourth-order valence-electron chi connectivity index (χ4n) is 3.40. The molecule has 0 amide bonds. The van der Waals surface area contributed by atoms with Gasteiger partial charge >= 0.3 is 0 Å². The van der Waals surface area contributed by atoms with Gasteiger partial charge in [0.1, 0.15) is 0 Å². The molecular formula is C16H20F2O. The first-order valence-electron chi connectivity index (χ1n) is 7.32. The average molecular weight is 266 g/mol. The molecule has 0 radical (unpaired) electrons. The molecule has 2 fully saturated rings. The maximum Gasteiger partial charge on any atom is 0.200 e. The Bertz CT molecular complexity index is 460. The summed E-state index contributed by atoms with van der Waals surface area (Å²) in [4.78, 5) is 0. The zero-order valence-electron chi connectivity index (χ0n) is 11.0. The Hall–Kier alpha value is -1.12. The van der Waals surface area contributed by atoms with Crippen LogP contribution in [-0.4, -0.2) is 5.11 Å². The van der Waals surface area contributed by atoms with Crippen LogP contribution < -0.4 is 0 Å². The van der Waals surface area contributed by atoms with Crippen molar-refractivity contribution < 1.29 is 13.9 Å². The Morgan fingerprint density at radius 2 is 1.47 bits per heavy atom. The Morgan fingerprint density at radius 1 is 0.895 bits per heavy atom. The third-order valence-corrected chi connectivity index (χ3v) is 4.74. The Kier molecular flexibility index (Phi) is 3.46. The normalized spacial score (nSPS) is 27.5. The summed E-state index contributed by atoms with van der Waals surface area (Å²) < 4.78 is 27.2. The van der Waals surface area contributed by atoms with Crippen molar-refractivity contribution in [3.05, 3.63) is 29.3 Å². The number of phenolic OH excluding ortho intramolecular Hbond substituents is 1. The van der Waals surface area contributed by atoms with Crippen molar-refractivity contribution in [1.82, 2.24) is 0 Å². The van der Waals surface area contributed by atoms with Crippen molar-refractivity contribution >= 4 is 0 Å². The van der Waals surface area contributed by atoms with Crippen LogP contribution >= 0.6 is 0 Å². The van der Waals surface area contributed by atoms with E-state index >= 15 is 0 Å². The molecule has 0 aliphatic heterocycles. The molecule has 2 aliphatic carbocycles. The number of hydrogen-bond donors (Lipinski definition) is 1. The third-order valence-electron chi connectivity index (χ3n) is 4.74. The lowest BCUT2D eigenvalue weighted by atomic mass is 9.77. The summed E-state index contributed by atoms with van der Waals surface area (Å²) in [5.41, 5.74) is 0.445. The van der Waals surface area contributed by atoms with E-state index < -0.39 is 17.4 Å². The van der Waals surface area contributed by atoms with Crippen molar-refractivity contribution in [2.45, 2.75) is 50.9 Å². The highest BCUT2D eigenvalue weighted by Crippen LogP contribution is 2.44. The number of rotatable bonds is 3. The number of aromatic hydroxyl groups is 1. The van der Waals surface area contributed by atoms with E-state index in [1.807, 2.05) is 0 Å². The fraction of sp³-hybridized carbons (Fsp3) is 0.625. The predicted molar refractivity (Wildman–Crippen MR) is 70.1 cm³/mol. The highest BCUT2D eigenvalue weighted by atomic mass is 19.2. The van der Waals surface area contributed by atoms with E-state index in [1.165, 1.54) is 25.3 Å². The molecule has 104 valence electrons. The summed E-state index contributed by atoms with van der Waals surface area (Å²) >= 11 is 0. The van der Waals surface area contributed by atoms with E-state index in [4.69, 9.17) is 5.11 Å². The minimum absolute atomic E-state index is 0.116. The molecule has 1 aromatic carbocycles. The van der Waals surface area contributed by atoms with Crippen LogP contribution in [0.1, 0.15) is 56.4 Å². The van der Waals surface area contributed by atoms with Crippen LogP contribution in [0.5, 0.6) is 5.75 Å². The molecule has 0 bridgehead atoms. The van der Waals surface area contributed by atoms with Gasteiger partial charge in [-0.3, -0.25) is 0 Å². The van der Waals surface area contributed by atoms with Gasteiger partial charge < -0.3 is 5.11 Å². The maximum atomic E-state index is 13.8. The van der Waals surface area contributed by atoms with Crippen LogP contribution in [0.3, 0.4) is 0 Å². The van der Waals surface area contributed by atoms with E-state index in [2.05, 4.69) is 0 Å². The second-order valence-electron chi connectivity index (χ2n) is 6.20. The summed E-state index contributed by atoms with van der Waals surface area (Å²) in [6, 6.07) is 2.81. The molecule has 0 spiro atoms. The molecular weight excluding hydrogens is 246 g/mol. The van der Waals surface area contributed by atoms with Crippen molar-refractivity contribution in [1.29, 1.82) is 0 Å². The minimum atomic E-state index is -1.10. The first-order valence-corrected chi connectivity index (χ1v) is 7.32. The zero-order chi connectivity index (χ0) is 13.4. The van der Waals surface area contributed by atoms with Gasteiger partial charge in [0.25, 0.3) is 0 Å². The first-order chi connectivity index (χ1) is 9.15. The molecule has 0 saturated heterocycles. The highest BCUT2D eigenvalue weighted by molar-refractivity contribution is 5.32. The van der Waals surface area contributed by atoms with Crippen molar-refractivity contribution in [2.24, 2.45) is 11.8 Å². The lowest BCUT2D eigenvalue weighted by Gasteiger charge is -2.29. The summed E-state index contributed by atoms with van der Waals surface area (Å²) in [5, 5.41) is 9.16. The molecule has 2 saturated carbocycles. The van der Waals surface area contributed by atoms with Gasteiger partial charge in [-0.1, -0.05) is 18.9 Å². The second kappa shape index (κ2) is 5.10. The molecule has 0 heterocycles. The number of benzene rings is 1. The lowest BCUT2D eigenvalue weighted by molar-refractivity contribution is 0.293. The van der Waals surface area contributed by atoms with Crippen molar-refractivity contribution in [2.75, 3.05) is 0 Å². The molecule has 1 N–H and O–H groups in total. The summed E-state index contributed by atoms with van der Waals surface area (Å²) in [5.74, 6) is -0.698. The molecule has 2 aliphatic rings. The third kappa shape index (κ3) is 2.75. The Morgan fingerprint density at radius 3 is 2.05 bits per heavy atom. The summed E-state index contributed by atoms with van der Waals surface area (Å²) in [6.07, 6.45) is 8.25. The van der Waals surface area contributed by atoms with Crippen molar-refractivity contribution in [3.63, 3.8) is 0 Å². The van der Waals surface area contributed by atoms with Gasteiger partial charge in [0.2, 0.25) is 5.82 Å². The van der Waals surface area contributed by atoms with Crippen LogP contribution in [0.2, 0.25) is 0 Å². The van der Waals surface area contributed by atoms with Gasteiger partial charge in [-0.05, 0) is 61.5 Å². The van der Waals surface area contributed by atoms with Crippen molar-refractivity contribution in [3.8, 4) is 5.75 Å². The van der Waals surface area contributed by atoms with Crippen LogP contribution in [-0.2, 0) is 0 Å². The van der Waals surface area contributed by atoms with Gasteiger partial charge in [-0.25, -0.2) is 4.39 Å². The van der Waals surface area contributed by atoms with Crippen LogP contribution in [0.25, 0.3) is 0 Å². The standard InChI is InChI=1S/C16H20F2O/c17-15-13(7-8-14(19)16(15)18)12-5-3-11(4-6-12)9-10-1-2-10/h7-8,10-12,19H,1-6,9H2. The SMILES string of the molecule is Oc1ccc(C2CCC(CC3CC3)CC2)c(F)c1F. The summed E-state index contributed by atoms with van der Waals surface area (Å²) in [7, 11) is 0. The zero-order valence-corrected chi connectivity index (χ0v) is 11.0. The first kappa shape index (κ1) is 12.9. The molecule has 0 unspecified atom stereocenters. The van der Waals surface area contributed by atoms with E-state index in [0.29, 0.717) is 5.56 Å². The predicted octanol–water partition coefficient (Wildman–Crippen LogP) is 4.74. The molecule has 3 heteroatoms. The average Bonchev–Trinajstić information content (AvgIpc) is 3.22. The van der Waals surface area contributed by atoms with Gasteiger partial charge in [0.05, 0.1) is 0 Å². The van der Waals surface area contributed by atoms with E-state index in [1.54, 1.807) is 6.07 Å². The van der Waals surface area contributed by atoms with E-state index in [9.17, 15) is 8.78 Å². The van der Waals surface area contributed by atoms with Crippen LogP contribution in [0.4, 0.5) is 8.78 Å². The van der Waals surface area contributed by atoms with Gasteiger partial charge in [0, 0.05) is 0 Å². The van der Waals surface area contributed by atoms with Gasteiger partial charge in [-0.15, -0.1) is 0 Å². The monoisotopic (exact) mass is 266 g/mol. The van der Waals surface area contributed by atoms with Crippen LogP contribution in [0.15, 0.2) is 12.1 Å². The van der Waals surface area contributed by atoms with Gasteiger partial charge in [-0.2, -0.15) is 4.39 Å². The van der Waals surface area contributed by atoms with Gasteiger partial charge in [0.15, 0.2) is 11.6 Å². The number of phenols is 1. The molecule has 19 heavy (non-hydrogen) atoms. The molecule has 1 aromatic rings. The smallest absolute Gasteiger partial charge is 0.200 e. The molecule has 0 aromatic heterocycles. The molecule has 3 rings (SSSR count). The Balaban J connectivity index is 1.65. The lowest BCUT2D eigenvalue weighted by Crippen LogP contribution is -2.15. The highest BCUT2D eigenvalue weighted by Gasteiger charge is 2.30. The minimum Gasteiger partial charge on any atom is -0.505 e. The molecule has 0 atom stereocenters. The molecule has 1 nitrogen and oxygen atoms in total. The Labute approximate surface area is 112 Å². The number of hydrogen-bond acceptors (Lipinski definition) is 1. The maximum absolute atomic E-state index is 13.8.